The van der Waals surface area contributed by atoms with Crippen molar-refractivity contribution in [3.05, 3.63) is 34.7 Å². The van der Waals surface area contributed by atoms with Crippen LogP contribution in [-0.2, 0) is 4.79 Å². The maximum atomic E-state index is 12.2. The maximum absolute atomic E-state index is 12.2. The molecule has 1 aliphatic heterocycles. The SMILES string of the molecule is CC(=O)CCCN1CCC(n2c(=O)[nH]c3ccccc32)CC1. The van der Waals surface area contributed by atoms with Crippen molar-refractivity contribution in [2.24, 2.45) is 0 Å². The van der Waals surface area contributed by atoms with Gasteiger partial charge in [0, 0.05) is 25.6 Å². The molecule has 0 aliphatic carbocycles. The number of rotatable bonds is 5. The van der Waals surface area contributed by atoms with Crippen molar-refractivity contribution in [3.63, 3.8) is 0 Å². The van der Waals surface area contributed by atoms with E-state index in [4.69, 9.17) is 0 Å². The Morgan fingerprint density at radius 2 is 2.00 bits per heavy atom. The number of aromatic nitrogens is 2. The molecule has 0 saturated carbocycles. The molecule has 0 spiro atoms. The highest BCUT2D eigenvalue weighted by molar-refractivity contribution is 5.75. The van der Waals surface area contributed by atoms with E-state index >= 15 is 0 Å². The fraction of sp³-hybridized carbons (Fsp3) is 0.529. The largest absolute Gasteiger partial charge is 0.326 e. The first-order chi connectivity index (χ1) is 10.6. The molecule has 1 aromatic carbocycles. The van der Waals surface area contributed by atoms with Crippen LogP contribution in [0.2, 0.25) is 0 Å². The van der Waals surface area contributed by atoms with Crippen molar-refractivity contribution in [1.82, 2.24) is 14.5 Å². The number of piperidine rings is 1. The third-order valence-corrected chi connectivity index (χ3v) is 4.55. The van der Waals surface area contributed by atoms with Crippen LogP contribution < -0.4 is 5.69 Å². The number of benzene rings is 1. The summed E-state index contributed by atoms with van der Waals surface area (Å²) >= 11 is 0. The second kappa shape index (κ2) is 6.48. The summed E-state index contributed by atoms with van der Waals surface area (Å²) in [5, 5.41) is 0. The highest BCUT2D eigenvalue weighted by atomic mass is 16.1. The lowest BCUT2D eigenvalue weighted by Gasteiger charge is -2.32. The molecular weight excluding hydrogens is 278 g/mol. The van der Waals surface area contributed by atoms with E-state index in [1.165, 1.54) is 0 Å². The molecule has 1 N–H and O–H groups in total. The van der Waals surface area contributed by atoms with E-state index in [0.29, 0.717) is 6.42 Å². The summed E-state index contributed by atoms with van der Waals surface area (Å²) < 4.78 is 1.92. The van der Waals surface area contributed by atoms with Gasteiger partial charge in [-0.2, -0.15) is 0 Å². The maximum Gasteiger partial charge on any atom is 0.326 e. The molecule has 1 aromatic heterocycles. The van der Waals surface area contributed by atoms with Gasteiger partial charge in [-0.1, -0.05) is 12.1 Å². The molecule has 0 radical (unpaired) electrons. The summed E-state index contributed by atoms with van der Waals surface area (Å²) in [5.41, 5.74) is 1.91. The second-order valence-electron chi connectivity index (χ2n) is 6.20. The molecule has 118 valence electrons. The first kappa shape index (κ1) is 15.0. The number of nitrogens with zero attached hydrogens (tertiary/aromatic N) is 2. The molecule has 5 nitrogen and oxygen atoms in total. The molecule has 2 heterocycles. The third-order valence-electron chi connectivity index (χ3n) is 4.55. The van der Waals surface area contributed by atoms with Crippen LogP contribution >= 0.6 is 0 Å². The Bertz CT molecular complexity index is 708. The lowest BCUT2D eigenvalue weighted by molar-refractivity contribution is -0.117. The second-order valence-corrected chi connectivity index (χ2v) is 6.20. The van der Waals surface area contributed by atoms with Gasteiger partial charge in [0.05, 0.1) is 11.0 Å². The lowest BCUT2D eigenvalue weighted by Crippen LogP contribution is -2.37. The number of carbonyl (C=O) groups excluding carboxylic acids is 1. The number of aromatic amines is 1. The van der Waals surface area contributed by atoms with Crippen molar-refractivity contribution in [3.8, 4) is 0 Å². The van der Waals surface area contributed by atoms with Gasteiger partial charge < -0.3 is 14.7 Å². The van der Waals surface area contributed by atoms with Crippen molar-refractivity contribution in [1.29, 1.82) is 0 Å². The van der Waals surface area contributed by atoms with E-state index in [-0.39, 0.29) is 17.5 Å². The van der Waals surface area contributed by atoms with Crippen LogP contribution in [0, 0.1) is 0 Å². The van der Waals surface area contributed by atoms with Gasteiger partial charge in [0.1, 0.15) is 5.78 Å². The molecular formula is C17H23N3O2. The molecule has 0 atom stereocenters. The average Bonchev–Trinajstić information content (AvgIpc) is 2.83. The van der Waals surface area contributed by atoms with E-state index in [2.05, 4.69) is 9.88 Å². The number of likely N-dealkylation sites (tertiary alicyclic amines) is 1. The van der Waals surface area contributed by atoms with Gasteiger partial charge in [0.2, 0.25) is 0 Å². The van der Waals surface area contributed by atoms with Crippen LogP contribution in [-0.4, -0.2) is 39.9 Å². The smallest absolute Gasteiger partial charge is 0.306 e. The monoisotopic (exact) mass is 301 g/mol. The Balaban J connectivity index is 1.64. The first-order valence-electron chi connectivity index (χ1n) is 8.06. The molecule has 0 unspecified atom stereocenters. The minimum Gasteiger partial charge on any atom is -0.306 e. The third kappa shape index (κ3) is 3.14. The number of hydrogen-bond acceptors (Lipinski definition) is 3. The highest BCUT2D eigenvalue weighted by Crippen LogP contribution is 2.24. The molecule has 2 aromatic rings. The van der Waals surface area contributed by atoms with Crippen molar-refractivity contribution in [2.45, 2.75) is 38.6 Å². The molecule has 0 bridgehead atoms. The predicted octanol–water partition coefficient (Wildman–Crippen LogP) is 2.34. The number of hydrogen-bond donors (Lipinski definition) is 1. The molecule has 3 rings (SSSR count). The fourth-order valence-corrected chi connectivity index (χ4v) is 3.39. The van der Waals surface area contributed by atoms with Crippen LogP contribution in [0.5, 0.6) is 0 Å². The molecule has 1 saturated heterocycles. The van der Waals surface area contributed by atoms with Crippen LogP contribution in [0.15, 0.2) is 29.1 Å². The van der Waals surface area contributed by atoms with Crippen LogP contribution in [0.3, 0.4) is 0 Å². The normalized spacial score (nSPS) is 17.1. The zero-order valence-electron chi connectivity index (χ0n) is 13.0. The van der Waals surface area contributed by atoms with Gasteiger partial charge in [-0.15, -0.1) is 0 Å². The minimum atomic E-state index is -0.00349. The predicted molar refractivity (Wildman–Crippen MR) is 87.2 cm³/mol. The number of fused-ring (bicyclic) bond motifs is 1. The lowest BCUT2D eigenvalue weighted by atomic mass is 10.0. The average molecular weight is 301 g/mol. The molecule has 5 heteroatoms. The van der Waals surface area contributed by atoms with E-state index in [0.717, 1.165) is 49.9 Å². The zero-order chi connectivity index (χ0) is 15.5. The van der Waals surface area contributed by atoms with Crippen LogP contribution in [0.1, 0.15) is 38.6 Å². The summed E-state index contributed by atoms with van der Waals surface area (Å²) in [5.74, 6) is 0.264. The number of ketones is 1. The van der Waals surface area contributed by atoms with E-state index in [9.17, 15) is 9.59 Å². The van der Waals surface area contributed by atoms with E-state index in [1.54, 1.807) is 6.92 Å². The van der Waals surface area contributed by atoms with E-state index in [1.807, 2.05) is 28.8 Å². The number of carbonyl (C=O) groups is 1. The summed E-state index contributed by atoms with van der Waals surface area (Å²) in [4.78, 5) is 28.6. The van der Waals surface area contributed by atoms with Crippen LogP contribution in [0.4, 0.5) is 0 Å². The first-order valence-corrected chi connectivity index (χ1v) is 8.06. The molecule has 22 heavy (non-hydrogen) atoms. The summed E-state index contributed by atoms with van der Waals surface area (Å²) in [6.45, 7) is 4.62. The summed E-state index contributed by atoms with van der Waals surface area (Å²) in [6, 6.07) is 8.15. The quantitative estimate of drug-likeness (QED) is 0.922. The van der Waals surface area contributed by atoms with Crippen molar-refractivity contribution >= 4 is 16.8 Å². The summed E-state index contributed by atoms with van der Waals surface area (Å²) in [6.07, 6.45) is 3.58. The standard InChI is InChI=1S/C17H23N3O2/c1-13(21)5-4-10-19-11-8-14(9-12-19)20-16-7-3-2-6-15(16)18-17(20)22/h2-3,6-7,14H,4-5,8-12H2,1H3,(H,18,22). The minimum absolute atomic E-state index is 0.00349. The van der Waals surface area contributed by atoms with Gasteiger partial charge in [-0.05, 0) is 44.9 Å². The number of H-pyrrole nitrogens is 1. The van der Waals surface area contributed by atoms with Gasteiger partial charge in [-0.3, -0.25) is 4.57 Å². The Hall–Kier alpha value is -1.88. The van der Waals surface area contributed by atoms with Gasteiger partial charge in [0.15, 0.2) is 0 Å². The molecule has 1 fully saturated rings. The fourth-order valence-electron chi connectivity index (χ4n) is 3.39. The van der Waals surface area contributed by atoms with Gasteiger partial charge >= 0.3 is 5.69 Å². The number of nitrogens with one attached hydrogen (secondary N) is 1. The van der Waals surface area contributed by atoms with Crippen LogP contribution in [0.25, 0.3) is 11.0 Å². The summed E-state index contributed by atoms with van der Waals surface area (Å²) in [7, 11) is 0. The Kier molecular flexibility index (Phi) is 4.43. The Morgan fingerprint density at radius 3 is 2.73 bits per heavy atom. The van der Waals surface area contributed by atoms with Gasteiger partial charge in [0.25, 0.3) is 0 Å². The van der Waals surface area contributed by atoms with Crippen molar-refractivity contribution in [2.75, 3.05) is 19.6 Å². The number of imidazole rings is 1. The molecule has 1 aliphatic rings. The Labute approximate surface area is 129 Å². The van der Waals surface area contributed by atoms with Gasteiger partial charge in [-0.25, -0.2) is 4.79 Å². The number of Topliss-reactive ketones (excluding diaryl/α,β-unsaturated/α-hetero) is 1. The Morgan fingerprint density at radius 1 is 1.27 bits per heavy atom. The van der Waals surface area contributed by atoms with E-state index < -0.39 is 0 Å². The number of para-hydroxylation sites is 2. The zero-order valence-corrected chi connectivity index (χ0v) is 13.0. The van der Waals surface area contributed by atoms with Crippen molar-refractivity contribution < 1.29 is 4.79 Å². The molecule has 0 amide bonds. The highest BCUT2D eigenvalue weighted by Gasteiger charge is 2.23. The topological polar surface area (TPSA) is 58.1 Å².